The summed E-state index contributed by atoms with van der Waals surface area (Å²) in [4.78, 5) is 11.7. The molecule has 0 saturated heterocycles. The minimum Gasteiger partial charge on any atom is -0.360 e. The lowest BCUT2D eigenvalue weighted by atomic mass is 9.87. The fraction of sp³-hybridized carbons (Fsp3) is 0.267. The molecule has 1 heterocycles. The molecule has 0 fully saturated rings. The normalized spacial score (nSPS) is 11.0. The maximum atomic E-state index is 13.5. The predicted molar refractivity (Wildman–Crippen MR) is 137 cm³/mol. The zero-order valence-electron chi connectivity index (χ0n) is 20.8. The number of hydrogen-bond acceptors (Lipinski definition) is 3. The number of aromatic nitrogens is 1. The summed E-state index contributed by atoms with van der Waals surface area (Å²) < 4.78 is 18.8. The van der Waals surface area contributed by atoms with Crippen LogP contribution in [0, 0.1) is 19.7 Å². The molecule has 0 atom stereocenters. The van der Waals surface area contributed by atoms with Crippen LogP contribution in [0.15, 0.2) is 77.3 Å². The first-order valence-corrected chi connectivity index (χ1v) is 11.5. The van der Waals surface area contributed by atoms with E-state index < -0.39 is 0 Å². The van der Waals surface area contributed by atoms with Crippen LogP contribution in [0.1, 0.15) is 61.4 Å². The Morgan fingerprint density at radius 2 is 1.56 bits per heavy atom. The van der Waals surface area contributed by atoms with Gasteiger partial charge < -0.3 is 4.52 Å². The van der Waals surface area contributed by atoms with Crippen LogP contribution >= 0.6 is 0 Å². The number of aryl methyl sites for hydroxylation is 2. The molecule has 0 unspecified atom stereocenters. The maximum absolute atomic E-state index is 13.5. The first-order chi connectivity index (χ1) is 16.1. The molecule has 0 radical (unpaired) electrons. The van der Waals surface area contributed by atoms with E-state index in [2.05, 4.69) is 57.1 Å². The molecule has 4 heteroatoms. The van der Waals surface area contributed by atoms with E-state index in [1.54, 1.807) is 25.1 Å². The molecule has 0 aliphatic rings. The maximum Gasteiger partial charge on any atom is 0.162 e. The summed E-state index contributed by atoms with van der Waals surface area (Å²) in [6, 6.07) is 22.3. The van der Waals surface area contributed by atoms with Gasteiger partial charge in [0.05, 0.1) is 5.56 Å². The Labute approximate surface area is 201 Å². The number of rotatable bonds is 4. The van der Waals surface area contributed by atoms with E-state index in [0.29, 0.717) is 29.0 Å². The number of carbonyl (C=O) groups excluding carboxylic acids is 1. The van der Waals surface area contributed by atoms with Crippen molar-refractivity contribution in [3.8, 4) is 22.4 Å². The van der Waals surface area contributed by atoms with Crippen LogP contribution in [0.5, 0.6) is 0 Å². The quantitative estimate of drug-likeness (QED) is 0.289. The van der Waals surface area contributed by atoms with Crippen LogP contribution in [0.25, 0.3) is 22.4 Å². The first-order valence-electron chi connectivity index (χ1n) is 11.5. The van der Waals surface area contributed by atoms with Crippen molar-refractivity contribution in [2.24, 2.45) is 0 Å². The molecular weight excluding hydrogens is 425 g/mol. The molecule has 0 N–H and O–H groups in total. The van der Waals surface area contributed by atoms with E-state index in [9.17, 15) is 9.18 Å². The summed E-state index contributed by atoms with van der Waals surface area (Å²) in [5.41, 5.74) is 6.64. The second kappa shape index (κ2) is 10.6. The second-order valence-corrected chi connectivity index (χ2v) is 9.44. The number of halogens is 1. The van der Waals surface area contributed by atoms with Crippen LogP contribution in [0.4, 0.5) is 4.39 Å². The average molecular weight is 458 g/mol. The van der Waals surface area contributed by atoms with Crippen LogP contribution in [-0.4, -0.2) is 10.9 Å². The predicted octanol–water partition coefficient (Wildman–Crippen LogP) is 8.34. The lowest BCUT2D eigenvalue weighted by Gasteiger charge is -2.18. The number of ketones is 1. The Hall–Kier alpha value is -3.53. The highest BCUT2D eigenvalue weighted by molar-refractivity contribution is 5.96. The van der Waals surface area contributed by atoms with Crippen molar-refractivity contribution < 1.29 is 13.7 Å². The van der Waals surface area contributed by atoms with Gasteiger partial charge in [-0.15, -0.1) is 0 Å². The molecule has 0 aliphatic heterocycles. The minimum absolute atomic E-state index is 0.0956. The van der Waals surface area contributed by atoms with E-state index in [-0.39, 0.29) is 17.0 Å². The fourth-order valence-electron chi connectivity index (χ4n) is 3.62. The van der Waals surface area contributed by atoms with Crippen molar-refractivity contribution in [3.05, 3.63) is 101 Å². The van der Waals surface area contributed by atoms with Gasteiger partial charge >= 0.3 is 0 Å². The number of Topliss-reactive ketones (excluding diaryl/α,β-unsaturated/α-hetero) is 1. The van der Waals surface area contributed by atoms with Gasteiger partial charge in [-0.25, -0.2) is 4.39 Å². The zero-order valence-corrected chi connectivity index (χ0v) is 20.8. The molecule has 0 bridgehead atoms. The minimum atomic E-state index is -0.307. The van der Waals surface area contributed by atoms with E-state index in [1.165, 1.54) is 23.3 Å². The zero-order chi connectivity index (χ0) is 24.9. The van der Waals surface area contributed by atoms with Crippen LogP contribution in [-0.2, 0) is 5.41 Å². The van der Waals surface area contributed by atoms with Gasteiger partial charge in [0.2, 0.25) is 0 Å². The molecule has 1 aromatic heterocycles. The van der Waals surface area contributed by atoms with Gasteiger partial charge in [0.15, 0.2) is 5.78 Å². The Balaban J connectivity index is 0.000000248. The molecule has 0 saturated carbocycles. The molecule has 0 aliphatic carbocycles. The summed E-state index contributed by atoms with van der Waals surface area (Å²) in [6.45, 7) is 12.4. The van der Waals surface area contributed by atoms with Gasteiger partial charge in [-0.1, -0.05) is 99.1 Å². The fourth-order valence-corrected chi connectivity index (χ4v) is 3.62. The lowest BCUT2D eigenvalue weighted by molar-refractivity contribution is 0.0988. The van der Waals surface area contributed by atoms with E-state index in [0.717, 1.165) is 11.1 Å². The highest BCUT2D eigenvalue weighted by Crippen LogP contribution is 2.34. The van der Waals surface area contributed by atoms with E-state index >= 15 is 0 Å². The topological polar surface area (TPSA) is 43.1 Å². The molecule has 3 aromatic carbocycles. The number of benzene rings is 3. The number of nitrogens with zero attached hydrogens (tertiary/aromatic N) is 1. The Bertz CT molecular complexity index is 1250. The van der Waals surface area contributed by atoms with Gasteiger partial charge in [0.1, 0.15) is 17.3 Å². The van der Waals surface area contributed by atoms with Crippen molar-refractivity contribution in [1.29, 1.82) is 0 Å². The highest BCUT2D eigenvalue weighted by atomic mass is 19.1. The van der Waals surface area contributed by atoms with E-state index in [1.807, 2.05) is 25.1 Å². The van der Waals surface area contributed by atoms with Gasteiger partial charge in [-0.3, -0.25) is 4.79 Å². The van der Waals surface area contributed by atoms with Gasteiger partial charge in [0, 0.05) is 17.5 Å². The van der Waals surface area contributed by atoms with Crippen LogP contribution in [0.3, 0.4) is 0 Å². The van der Waals surface area contributed by atoms with Crippen molar-refractivity contribution in [2.75, 3.05) is 0 Å². The van der Waals surface area contributed by atoms with Crippen LogP contribution < -0.4 is 0 Å². The summed E-state index contributed by atoms with van der Waals surface area (Å²) in [5.74, 6) is 0.412. The first kappa shape index (κ1) is 25.1. The Morgan fingerprint density at radius 3 is 2.12 bits per heavy atom. The highest BCUT2D eigenvalue weighted by Gasteiger charge is 2.17. The Morgan fingerprint density at radius 1 is 0.912 bits per heavy atom. The van der Waals surface area contributed by atoms with Crippen molar-refractivity contribution >= 4 is 5.78 Å². The van der Waals surface area contributed by atoms with E-state index in [4.69, 9.17) is 4.52 Å². The van der Waals surface area contributed by atoms with Crippen molar-refractivity contribution in [1.82, 2.24) is 5.16 Å². The molecule has 4 rings (SSSR count). The van der Waals surface area contributed by atoms with Gasteiger partial charge in [-0.05, 0) is 42.5 Å². The monoisotopic (exact) mass is 457 g/mol. The van der Waals surface area contributed by atoms with Crippen molar-refractivity contribution in [2.45, 2.75) is 53.4 Å². The number of hydrogen-bond donors (Lipinski definition) is 0. The molecule has 0 spiro atoms. The molecule has 3 nitrogen and oxygen atoms in total. The number of carbonyl (C=O) groups is 1. The molecule has 176 valence electrons. The van der Waals surface area contributed by atoms with Crippen LogP contribution in [0.2, 0.25) is 0 Å². The average Bonchev–Trinajstić information content (AvgIpc) is 3.20. The SMILES string of the molecule is CCC(=O)c1ccc(-c2noc(C)c2-c2cccc(F)c2)cc1.Cc1ccc(C(C)(C)C)cc1. The molecule has 4 aromatic rings. The summed E-state index contributed by atoms with van der Waals surface area (Å²) in [6.07, 6.45) is 0.469. The third-order valence-corrected chi connectivity index (χ3v) is 5.70. The third kappa shape index (κ3) is 6.07. The van der Waals surface area contributed by atoms with Crippen molar-refractivity contribution in [3.63, 3.8) is 0 Å². The van der Waals surface area contributed by atoms with Gasteiger partial charge in [0.25, 0.3) is 0 Å². The summed E-state index contributed by atoms with van der Waals surface area (Å²) in [5, 5.41) is 4.10. The third-order valence-electron chi connectivity index (χ3n) is 5.70. The molecule has 34 heavy (non-hydrogen) atoms. The summed E-state index contributed by atoms with van der Waals surface area (Å²) in [7, 11) is 0. The molecule has 0 amide bonds. The smallest absolute Gasteiger partial charge is 0.162 e. The Kier molecular flexibility index (Phi) is 7.83. The summed E-state index contributed by atoms with van der Waals surface area (Å²) >= 11 is 0. The second-order valence-electron chi connectivity index (χ2n) is 9.44. The lowest BCUT2D eigenvalue weighted by Crippen LogP contribution is -2.10. The molecular formula is C30H32FNO2. The standard InChI is InChI=1S/C19H16FNO2.C11H16/c1-3-17(22)13-7-9-14(10-8-13)19-18(12(2)23-21-19)15-5-4-6-16(20)11-15;1-9-5-7-10(8-6-9)11(2,3)4/h4-11H,3H2,1-2H3;5-8H,1-4H3. The largest absolute Gasteiger partial charge is 0.360 e. The van der Waals surface area contributed by atoms with Gasteiger partial charge in [-0.2, -0.15) is 0 Å².